The van der Waals surface area contributed by atoms with Crippen LogP contribution in [-0.2, 0) is 16.1 Å². The molecule has 1 aromatic rings. The van der Waals surface area contributed by atoms with Crippen LogP contribution >= 0.6 is 0 Å². The molecule has 1 aromatic carbocycles. The number of nitrogen functional groups attached to an aromatic ring is 1. The van der Waals surface area contributed by atoms with Gasteiger partial charge in [0.05, 0.1) is 24.9 Å². The van der Waals surface area contributed by atoms with Crippen LogP contribution in [0.2, 0.25) is 0 Å². The monoisotopic (exact) mass is 235 g/mol. The van der Waals surface area contributed by atoms with E-state index in [2.05, 4.69) is 13.8 Å². The van der Waals surface area contributed by atoms with E-state index in [1.54, 1.807) is 0 Å². The fourth-order valence-corrected chi connectivity index (χ4v) is 2.31. The third kappa shape index (κ3) is 3.72. The van der Waals surface area contributed by atoms with Crippen LogP contribution < -0.4 is 5.73 Å². The third-order valence-corrected chi connectivity index (χ3v) is 3.12. The number of benzene rings is 1. The molecule has 2 rings (SSSR count). The number of anilines is 1. The van der Waals surface area contributed by atoms with Crippen molar-refractivity contribution in [3.63, 3.8) is 0 Å². The van der Waals surface area contributed by atoms with E-state index in [4.69, 9.17) is 15.2 Å². The topological polar surface area (TPSA) is 44.5 Å². The van der Waals surface area contributed by atoms with E-state index in [-0.39, 0.29) is 0 Å². The lowest BCUT2D eigenvalue weighted by atomic mass is 10.0. The Bertz CT molecular complexity index is 340. The summed E-state index contributed by atoms with van der Waals surface area (Å²) >= 11 is 0. The SMILES string of the molecule is CC1CC(OCc2ccc(N)cc2)CC(C)O1. The molecule has 0 amide bonds. The molecule has 1 saturated heterocycles. The normalized spacial score (nSPS) is 29.2. The summed E-state index contributed by atoms with van der Waals surface area (Å²) < 4.78 is 11.6. The van der Waals surface area contributed by atoms with Crippen molar-refractivity contribution in [2.24, 2.45) is 0 Å². The molecular weight excluding hydrogens is 214 g/mol. The Morgan fingerprint density at radius 2 is 1.76 bits per heavy atom. The Balaban J connectivity index is 1.83. The van der Waals surface area contributed by atoms with Crippen LogP contribution in [0.5, 0.6) is 0 Å². The summed E-state index contributed by atoms with van der Waals surface area (Å²) in [7, 11) is 0. The molecule has 0 radical (unpaired) electrons. The summed E-state index contributed by atoms with van der Waals surface area (Å²) in [5, 5.41) is 0. The van der Waals surface area contributed by atoms with Crippen molar-refractivity contribution < 1.29 is 9.47 Å². The van der Waals surface area contributed by atoms with Gasteiger partial charge in [0.15, 0.2) is 0 Å². The summed E-state index contributed by atoms with van der Waals surface area (Å²) in [6, 6.07) is 7.85. The van der Waals surface area contributed by atoms with Crippen LogP contribution in [0.15, 0.2) is 24.3 Å². The fourth-order valence-electron chi connectivity index (χ4n) is 2.31. The highest BCUT2D eigenvalue weighted by Crippen LogP contribution is 2.22. The van der Waals surface area contributed by atoms with Crippen molar-refractivity contribution in [2.45, 2.75) is 51.6 Å². The Labute approximate surface area is 103 Å². The van der Waals surface area contributed by atoms with Crippen LogP contribution in [0, 0.1) is 0 Å². The Hall–Kier alpha value is -1.06. The largest absolute Gasteiger partial charge is 0.399 e. The zero-order valence-electron chi connectivity index (χ0n) is 10.6. The van der Waals surface area contributed by atoms with Gasteiger partial charge in [-0.25, -0.2) is 0 Å². The smallest absolute Gasteiger partial charge is 0.0720 e. The molecule has 0 aromatic heterocycles. The number of ether oxygens (including phenoxy) is 2. The predicted octanol–water partition coefficient (Wildman–Crippen LogP) is 2.74. The van der Waals surface area contributed by atoms with Gasteiger partial charge >= 0.3 is 0 Å². The summed E-state index contributed by atoms with van der Waals surface area (Å²) in [5.74, 6) is 0. The fraction of sp³-hybridized carbons (Fsp3) is 0.571. The molecule has 2 atom stereocenters. The van der Waals surface area contributed by atoms with E-state index in [9.17, 15) is 0 Å². The van der Waals surface area contributed by atoms with E-state index in [1.165, 1.54) is 5.56 Å². The lowest BCUT2D eigenvalue weighted by Crippen LogP contribution is -2.33. The molecular formula is C14H21NO2. The summed E-state index contributed by atoms with van der Waals surface area (Å²) in [5.41, 5.74) is 7.61. The van der Waals surface area contributed by atoms with Gasteiger partial charge in [-0.1, -0.05) is 12.1 Å². The average Bonchev–Trinajstić information content (AvgIpc) is 2.27. The molecule has 2 unspecified atom stereocenters. The number of rotatable bonds is 3. The van der Waals surface area contributed by atoms with Crippen molar-refractivity contribution in [2.75, 3.05) is 5.73 Å². The van der Waals surface area contributed by atoms with Crippen molar-refractivity contribution in [1.82, 2.24) is 0 Å². The van der Waals surface area contributed by atoms with Crippen LogP contribution in [-0.4, -0.2) is 18.3 Å². The highest BCUT2D eigenvalue weighted by atomic mass is 16.5. The predicted molar refractivity (Wildman–Crippen MR) is 68.7 cm³/mol. The third-order valence-electron chi connectivity index (χ3n) is 3.12. The molecule has 1 aliphatic heterocycles. The lowest BCUT2D eigenvalue weighted by Gasteiger charge is -2.32. The molecule has 0 spiro atoms. The lowest BCUT2D eigenvalue weighted by molar-refractivity contribution is -0.106. The Kier molecular flexibility index (Phi) is 4.02. The first kappa shape index (κ1) is 12.4. The molecule has 1 fully saturated rings. The maximum atomic E-state index is 5.93. The van der Waals surface area contributed by atoms with Crippen LogP contribution in [0.1, 0.15) is 32.3 Å². The van der Waals surface area contributed by atoms with Crippen molar-refractivity contribution in [1.29, 1.82) is 0 Å². The van der Waals surface area contributed by atoms with E-state index in [0.29, 0.717) is 24.9 Å². The molecule has 2 N–H and O–H groups in total. The number of hydrogen-bond acceptors (Lipinski definition) is 3. The standard InChI is InChI=1S/C14H21NO2/c1-10-7-14(8-11(2)17-10)16-9-12-3-5-13(15)6-4-12/h3-6,10-11,14H,7-9,15H2,1-2H3. The molecule has 1 aliphatic rings. The quantitative estimate of drug-likeness (QED) is 0.819. The molecule has 17 heavy (non-hydrogen) atoms. The zero-order chi connectivity index (χ0) is 12.3. The molecule has 3 heteroatoms. The van der Waals surface area contributed by atoms with Gasteiger partial charge in [0.2, 0.25) is 0 Å². The molecule has 0 aliphatic carbocycles. The minimum atomic E-state index is 0.301. The Morgan fingerprint density at radius 1 is 1.18 bits per heavy atom. The van der Waals surface area contributed by atoms with Gasteiger partial charge in [-0.05, 0) is 44.4 Å². The van der Waals surface area contributed by atoms with Gasteiger partial charge in [0, 0.05) is 5.69 Å². The van der Waals surface area contributed by atoms with Crippen LogP contribution in [0.4, 0.5) is 5.69 Å². The second kappa shape index (κ2) is 5.52. The summed E-state index contributed by atoms with van der Waals surface area (Å²) in [6.45, 7) is 4.87. The van der Waals surface area contributed by atoms with Crippen molar-refractivity contribution >= 4 is 5.69 Å². The highest BCUT2D eigenvalue weighted by molar-refractivity contribution is 5.39. The van der Waals surface area contributed by atoms with Crippen LogP contribution in [0.3, 0.4) is 0 Å². The van der Waals surface area contributed by atoms with Gasteiger partial charge in [0.25, 0.3) is 0 Å². The maximum Gasteiger partial charge on any atom is 0.0720 e. The van der Waals surface area contributed by atoms with E-state index < -0.39 is 0 Å². The van der Waals surface area contributed by atoms with Gasteiger partial charge in [0.1, 0.15) is 0 Å². The minimum absolute atomic E-state index is 0.301. The molecule has 1 heterocycles. The highest BCUT2D eigenvalue weighted by Gasteiger charge is 2.24. The first-order valence-electron chi connectivity index (χ1n) is 6.25. The van der Waals surface area contributed by atoms with Gasteiger partial charge in [-0.3, -0.25) is 0 Å². The summed E-state index contributed by atoms with van der Waals surface area (Å²) in [4.78, 5) is 0. The van der Waals surface area contributed by atoms with Crippen LogP contribution in [0.25, 0.3) is 0 Å². The van der Waals surface area contributed by atoms with Gasteiger partial charge in [-0.2, -0.15) is 0 Å². The van der Waals surface area contributed by atoms with E-state index in [1.807, 2.05) is 24.3 Å². The molecule has 0 bridgehead atoms. The van der Waals surface area contributed by atoms with Crippen molar-refractivity contribution in [3.8, 4) is 0 Å². The maximum absolute atomic E-state index is 5.93. The number of hydrogen-bond donors (Lipinski definition) is 1. The molecule has 94 valence electrons. The second-order valence-corrected chi connectivity index (χ2v) is 4.90. The summed E-state index contributed by atoms with van der Waals surface area (Å²) in [6.07, 6.45) is 2.88. The zero-order valence-corrected chi connectivity index (χ0v) is 10.6. The van der Waals surface area contributed by atoms with Crippen molar-refractivity contribution in [3.05, 3.63) is 29.8 Å². The Morgan fingerprint density at radius 3 is 2.35 bits per heavy atom. The first-order chi connectivity index (χ1) is 8.13. The molecule has 0 saturated carbocycles. The average molecular weight is 235 g/mol. The minimum Gasteiger partial charge on any atom is -0.399 e. The number of nitrogens with two attached hydrogens (primary N) is 1. The van der Waals surface area contributed by atoms with E-state index in [0.717, 1.165) is 18.5 Å². The first-order valence-corrected chi connectivity index (χ1v) is 6.25. The van der Waals surface area contributed by atoms with E-state index >= 15 is 0 Å². The molecule has 3 nitrogen and oxygen atoms in total. The van der Waals surface area contributed by atoms with Gasteiger partial charge < -0.3 is 15.2 Å². The van der Waals surface area contributed by atoms with Gasteiger partial charge in [-0.15, -0.1) is 0 Å². The second-order valence-electron chi connectivity index (χ2n) is 4.90.